The van der Waals surface area contributed by atoms with Crippen LogP contribution < -0.4 is 5.32 Å². The van der Waals surface area contributed by atoms with Gasteiger partial charge in [0.2, 0.25) is 5.91 Å². The van der Waals surface area contributed by atoms with E-state index < -0.39 is 0 Å². The molecule has 1 N–H and O–H groups in total. The highest BCUT2D eigenvalue weighted by molar-refractivity contribution is 5.96. The van der Waals surface area contributed by atoms with Crippen molar-refractivity contribution in [3.8, 4) is 0 Å². The van der Waals surface area contributed by atoms with E-state index >= 15 is 0 Å². The Hall–Kier alpha value is -0.860. The SMILES string of the molecule is CC(=O)CC(=O)NC1CCCC1C. The van der Waals surface area contributed by atoms with Crippen molar-refractivity contribution in [2.75, 3.05) is 0 Å². The molecule has 1 rings (SSSR count). The van der Waals surface area contributed by atoms with Crippen LogP contribution in [0.25, 0.3) is 0 Å². The Morgan fingerprint density at radius 2 is 2.08 bits per heavy atom. The van der Waals surface area contributed by atoms with Gasteiger partial charge in [0.25, 0.3) is 0 Å². The molecule has 2 unspecified atom stereocenters. The lowest BCUT2D eigenvalue weighted by Gasteiger charge is -2.16. The van der Waals surface area contributed by atoms with E-state index in [2.05, 4.69) is 12.2 Å². The Morgan fingerprint density at radius 3 is 2.54 bits per heavy atom. The summed E-state index contributed by atoms with van der Waals surface area (Å²) >= 11 is 0. The molecule has 0 aliphatic heterocycles. The van der Waals surface area contributed by atoms with Gasteiger partial charge in [-0.3, -0.25) is 9.59 Å². The topological polar surface area (TPSA) is 46.2 Å². The van der Waals surface area contributed by atoms with Crippen LogP contribution in [0, 0.1) is 5.92 Å². The van der Waals surface area contributed by atoms with Gasteiger partial charge in [0.15, 0.2) is 0 Å². The second-order valence-corrected chi connectivity index (χ2v) is 3.96. The Bertz CT molecular complexity index is 213. The van der Waals surface area contributed by atoms with Crippen molar-refractivity contribution in [1.29, 1.82) is 0 Å². The number of nitrogens with one attached hydrogen (secondary N) is 1. The second kappa shape index (κ2) is 4.40. The predicted molar refractivity (Wildman–Crippen MR) is 50.2 cm³/mol. The molecular formula is C10H17NO2. The van der Waals surface area contributed by atoms with Crippen LogP contribution in [-0.4, -0.2) is 17.7 Å². The number of carbonyl (C=O) groups is 2. The Labute approximate surface area is 78.9 Å². The summed E-state index contributed by atoms with van der Waals surface area (Å²) < 4.78 is 0. The molecule has 0 heterocycles. The highest BCUT2D eigenvalue weighted by Crippen LogP contribution is 2.24. The summed E-state index contributed by atoms with van der Waals surface area (Å²) in [5.74, 6) is 0.380. The van der Waals surface area contributed by atoms with E-state index in [0.717, 1.165) is 6.42 Å². The third kappa shape index (κ3) is 3.17. The van der Waals surface area contributed by atoms with Gasteiger partial charge in [0.05, 0.1) is 6.42 Å². The molecule has 0 aromatic carbocycles. The van der Waals surface area contributed by atoms with Gasteiger partial charge >= 0.3 is 0 Å². The molecule has 1 fully saturated rings. The summed E-state index contributed by atoms with van der Waals surface area (Å²) in [6.07, 6.45) is 3.46. The minimum Gasteiger partial charge on any atom is -0.353 e. The van der Waals surface area contributed by atoms with E-state index in [0.29, 0.717) is 12.0 Å². The number of ketones is 1. The molecule has 0 bridgehead atoms. The van der Waals surface area contributed by atoms with Crippen LogP contribution >= 0.6 is 0 Å². The highest BCUT2D eigenvalue weighted by Gasteiger charge is 2.24. The Balaban J connectivity index is 2.31. The number of amides is 1. The van der Waals surface area contributed by atoms with E-state index in [-0.39, 0.29) is 18.1 Å². The van der Waals surface area contributed by atoms with Crippen LogP contribution in [0.3, 0.4) is 0 Å². The maximum atomic E-state index is 11.2. The first kappa shape index (κ1) is 10.2. The summed E-state index contributed by atoms with van der Waals surface area (Å²) in [5, 5.41) is 2.90. The van der Waals surface area contributed by atoms with Crippen molar-refractivity contribution in [3.63, 3.8) is 0 Å². The second-order valence-electron chi connectivity index (χ2n) is 3.96. The number of hydrogen-bond acceptors (Lipinski definition) is 2. The Morgan fingerprint density at radius 1 is 1.38 bits per heavy atom. The van der Waals surface area contributed by atoms with Crippen molar-refractivity contribution < 1.29 is 9.59 Å². The lowest BCUT2D eigenvalue weighted by Crippen LogP contribution is -2.37. The molecule has 3 heteroatoms. The molecular weight excluding hydrogens is 166 g/mol. The molecule has 0 aromatic heterocycles. The van der Waals surface area contributed by atoms with Crippen LogP contribution in [0.4, 0.5) is 0 Å². The zero-order chi connectivity index (χ0) is 9.84. The summed E-state index contributed by atoms with van der Waals surface area (Å²) in [6, 6.07) is 0.298. The minimum absolute atomic E-state index is 0.0310. The van der Waals surface area contributed by atoms with Crippen molar-refractivity contribution in [3.05, 3.63) is 0 Å². The molecule has 2 atom stereocenters. The lowest BCUT2D eigenvalue weighted by atomic mass is 10.1. The van der Waals surface area contributed by atoms with Crippen molar-refractivity contribution in [1.82, 2.24) is 5.32 Å². The quantitative estimate of drug-likeness (QED) is 0.670. The molecule has 13 heavy (non-hydrogen) atoms. The summed E-state index contributed by atoms with van der Waals surface area (Å²) in [4.78, 5) is 21.9. The molecule has 0 aromatic rings. The first-order chi connectivity index (χ1) is 6.09. The number of carbonyl (C=O) groups excluding carboxylic acids is 2. The molecule has 0 radical (unpaired) electrons. The van der Waals surface area contributed by atoms with E-state index in [9.17, 15) is 9.59 Å². The summed E-state index contributed by atoms with van der Waals surface area (Å²) in [7, 11) is 0. The van der Waals surface area contributed by atoms with E-state index in [1.165, 1.54) is 19.8 Å². The zero-order valence-electron chi connectivity index (χ0n) is 8.30. The van der Waals surface area contributed by atoms with Gasteiger partial charge in [-0.1, -0.05) is 13.3 Å². The van der Waals surface area contributed by atoms with Crippen molar-refractivity contribution in [2.45, 2.75) is 45.6 Å². The molecule has 1 aliphatic carbocycles. The standard InChI is InChI=1S/C10H17NO2/c1-7-4-3-5-9(7)11-10(13)6-8(2)12/h7,9H,3-6H2,1-2H3,(H,11,13). The normalized spacial score (nSPS) is 27.2. The average Bonchev–Trinajstić information content (AvgIpc) is 2.34. The van der Waals surface area contributed by atoms with Gasteiger partial charge in [-0.2, -0.15) is 0 Å². The van der Waals surface area contributed by atoms with Gasteiger partial charge in [-0.05, 0) is 25.7 Å². The summed E-state index contributed by atoms with van der Waals surface area (Å²) in [6.45, 7) is 3.59. The number of rotatable bonds is 3. The van der Waals surface area contributed by atoms with Gasteiger partial charge in [-0.15, -0.1) is 0 Å². The van der Waals surface area contributed by atoms with E-state index in [1.807, 2.05) is 0 Å². The zero-order valence-corrected chi connectivity index (χ0v) is 8.30. The van der Waals surface area contributed by atoms with Crippen LogP contribution in [0.15, 0.2) is 0 Å². The van der Waals surface area contributed by atoms with Crippen LogP contribution in [0.5, 0.6) is 0 Å². The lowest BCUT2D eigenvalue weighted by molar-refractivity contribution is -0.127. The first-order valence-corrected chi connectivity index (χ1v) is 4.88. The monoisotopic (exact) mass is 183 g/mol. The van der Waals surface area contributed by atoms with Crippen molar-refractivity contribution >= 4 is 11.7 Å². The van der Waals surface area contributed by atoms with Gasteiger partial charge < -0.3 is 5.32 Å². The molecule has 1 aliphatic rings. The predicted octanol–water partition coefficient (Wildman–Crippen LogP) is 1.27. The number of hydrogen-bond donors (Lipinski definition) is 1. The maximum absolute atomic E-state index is 11.2. The fourth-order valence-corrected chi connectivity index (χ4v) is 1.84. The molecule has 1 amide bonds. The molecule has 3 nitrogen and oxygen atoms in total. The third-order valence-corrected chi connectivity index (χ3v) is 2.62. The maximum Gasteiger partial charge on any atom is 0.227 e. The van der Waals surface area contributed by atoms with E-state index in [1.54, 1.807) is 0 Å². The molecule has 0 spiro atoms. The molecule has 0 saturated heterocycles. The van der Waals surface area contributed by atoms with Crippen LogP contribution in [0.1, 0.15) is 39.5 Å². The summed E-state index contributed by atoms with van der Waals surface area (Å²) in [5.41, 5.74) is 0. The fourth-order valence-electron chi connectivity index (χ4n) is 1.84. The first-order valence-electron chi connectivity index (χ1n) is 4.88. The van der Waals surface area contributed by atoms with E-state index in [4.69, 9.17) is 0 Å². The third-order valence-electron chi connectivity index (χ3n) is 2.62. The number of Topliss-reactive ketones (excluding diaryl/α,β-unsaturated/α-hetero) is 1. The Kier molecular flexibility index (Phi) is 3.46. The van der Waals surface area contributed by atoms with Crippen LogP contribution in [0.2, 0.25) is 0 Å². The fraction of sp³-hybridized carbons (Fsp3) is 0.800. The minimum atomic E-state index is -0.119. The smallest absolute Gasteiger partial charge is 0.227 e. The van der Waals surface area contributed by atoms with Gasteiger partial charge in [-0.25, -0.2) is 0 Å². The van der Waals surface area contributed by atoms with Crippen LogP contribution in [-0.2, 0) is 9.59 Å². The highest BCUT2D eigenvalue weighted by atomic mass is 16.2. The molecule has 74 valence electrons. The van der Waals surface area contributed by atoms with Crippen molar-refractivity contribution in [2.24, 2.45) is 5.92 Å². The molecule has 1 saturated carbocycles. The van der Waals surface area contributed by atoms with Gasteiger partial charge in [0, 0.05) is 6.04 Å². The average molecular weight is 183 g/mol. The van der Waals surface area contributed by atoms with Gasteiger partial charge in [0.1, 0.15) is 5.78 Å². The largest absolute Gasteiger partial charge is 0.353 e.